The third kappa shape index (κ3) is 3.51. The van der Waals surface area contributed by atoms with Gasteiger partial charge < -0.3 is 5.73 Å². The van der Waals surface area contributed by atoms with E-state index in [2.05, 4.69) is 0 Å². The van der Waals surface area contributed by atoms with Crippen molar-refractivity contribution >= 4 is 10.1 Å². The van der Waals surface area contributed by atoms with Crippen LogP contribution in [-0.4, -0.2) is 23.3 Å². The lowest BCUT2D eigenvalue weighted by atomic mass is 9.93. The van der Waals surface area contributed by atoms with Gasteiger partial charge in [0.2, 0.25) is 0 Å². The Bertz CT molecular complexity index is 248. The predicted molar refractivity (Wildman–Crippen MR) is 48.5 cm³/mol. The van der Waals surface area contributed by atoms with E-state index in [9.17, 15) is 8.42 Å². The van der Waals surface area contributed by atoms with Crippen molar-refractivity contribution in [3.63, 3.8) is 0 Å². The highest BCUT2D eigenvalue weighted by Gasteiger charge is 2.36. The topological polar surface area (TPSA) is 80.4 Å². The maximum absolute atomic E-state index is 10.8. The van der Waals surface area contributed by atoms with Crippen molar-refractivity contribution < 1.29 is 13.0 Å². The Kier molecular flexibility index (Phi) is 2.94. The molecule has 0 aromatic rings. The third-order valence-electron chi connectivity index (χ3n) is 1.58. The van der Waals surface area contributed by atoms with Gasteiger partial charge in [0, 0.05) is 5.54 Å². The number of hydrogen-bond donors (Lipinski definition) is 2. The van der Waals surface area contributed by atoms with E-state index in [0.29, 0.717) is 0 Å². The monoisotopic (exact) mass is 195 g/mol. The summed E-state index contributed by atoms with van der Waals surface area (Å²) in [6.45, 7) is 6.35. The van der Waals surface area contributed by atoms with Gasteiger partial charge in [0.25, 0.3) is 10.1 Å². The van der Waals surface area contributed by atoms with Crippen molar-refractivity contribution in [3.05, 3.63) is 0 Å². The van der Waals surface area contributed by atoms with Crippen LogP contribution in [0.2, 0.25) is 0 Å². The highest BCUT2D eigenvalue weighted by molar-refractivity contribution is 7.87. The van der Waals surface area contributed by atoms with Gasteiger partial charge in [-0.15, -0.1) is 0 Å². The van der Waals surface area contributed by atoms with Gasteiger partial charge in [0.1, 0.15) is 0 Å². The molecule has 0 aliphatic rings. The summed E-state index contributed by atoms with van der Waals surface area (Å²) in [4.78, 5) is 0. The van der Waals surface area contributed by atoms with Crippen LogP contribution in [0.1, 0.15) is 34.1 Å². The molecule has 0 atom stereocenters. The van der Waals surface area contributed by atoms with Crippen LogP contribution in [0.4, 0.5) is 0 Å². The van der Waals surface area contributed by atoms with E-state index in [4.69, 9.17) is 10.3 Å². The molecule has 0 amide bonds. The molecule has 0 rings (SSSR count). The zero-order chi connectivity index (χ0) is 10.2. The molecule has 0 heterocycles. The molecule has 0 aliphatic heterocycles. The quantitative estimate of drug-likeness (QED) is 0.652. The Morgan fingerprint density at radius 1 is 1.25 bits per heavy atom. The molecule has 0 unspecified atom stereocenters. The third-order valence-corrected chi connectivity index (χ3v) is 3.12. The van der Waals surface area contributed by atoms with Crippen molar-refractivity contribution in [1.29, 1.82) is 0 Å². The summed E-state index contributed by atoms with van der Waals surface area (Å²) < 4.78 is 29.3. The van der Waals surface area contributed by atoms with Gasteiger partial charge in [-0.2, -0.15) is 8.42 Å². The molecule has 4 nitrogen and oxygen atoms in total. The fourth-order valence-corrected chi connectivity index (χ4v) is 1.74. The zero-order valence-corrected chi connectivity index (χ0v) is 8.77. The molecule has 74 valence electrons. The molecule has 0 saturated carbocycles. The molecular formula is C7H17NO3S. The highest BCUT2D eigenvalue weighted by atomic mass is 32.2. The minimum Gasteiger partial charge on any atom is -0.326 e. The van der Waals surface area contributed by atoms with E-state index in [1.54, 1.807) is 13.8 Å². The summed E-state index contributed by atoms with van der Waals surface area (Å²) in [6, 6.07) is 0. The van der Waals surface area contributed by atoms with Gasteiger partial charge in [-0.05, 0) is 34.1 Å². The van der Waals surface area contributed by atoms with Crippen molar-refractivity contribution in [1.82, 2.24) is 0 Å². The van der Waals surface area contributed by atoms with Crippen molar-refractivity contribution in [2.45, 2.75) is 44.4 Å². The lowest BCUT2D eigenvalue weighted by molar-refractivity contribution is 0.373. The average molecular weight is 195 g/mol. The Balaban J connectivity index is 4.68. The van der Waals surface area contributed by atoms with E-state index >= 15 is 0 Å². The van der Waals surface area contributed by atoms with Crippen LogP contribution >= 0.6 is 0 Å². The Morgan fingerprint density at radius 2 is 1.58 bits per heavy atom. The second kappa shape index (κ2) is 2.97. The lowest BCUT2D eigenvalue weighted by Gasteiger charge is -2.29. The lowest BCUT2D eigenvalue weighted by Crippen LogP contribution is -2.44. The van der Waals surface area contributed by atoms with Crippen molar-refractivity contribution in [3.8, 4) is 0 Å². The molecule has 12 heavy (non-hydrogen) atoms. The van der Waals surface area contributed by atoms with E-state index < -0.39 is 20.4 Å². The van der Waals surface area contributed by atoms with E-state index in [-0.39, 0.29) is 6.42 Å². The Hall–Kier alpha value is -0.130. The summed E-state index contributed by atoms with van der Waals surface area (Å²) in [7, 11) is -4.02. The van der Waals surface area contributed by atoms with Gasteiger partial charge in [0.15, 0.2) is 0 Å². The SMILES string of the molecule is CC(C)(N)CC(C)(C)S(=O)(=O)O. The van der Waals surface area contributed by atoms with E-state index in [0.717, 1.165) is 0 Å². The first-order chi connectivity index (χ1) is 4.96. The minimum absolute atomic E-state index is 0.221. The Morgan fingerprint density at radius 3 is 1.67 bits per heavy atom. The molecule has 0 bridgehead atoms. The second-order valence-corrected chi connectivity index (χ2v) is 6.46. The summed E-state index contributed by atoms with van der Waals surface area (Å²) in [5, 5.41) is 0. The smallest absolute Gasteiger partial charge is 0.270 e. The molecule has 0 aromatic carbocycles. The summed E-state index contributed by atoms with van der Waals surface area (Å²) in [5.74, 6) is 0. The van der Waals surface area contributed by atoms with E-state index in [1.165, 1.54) is 13.8 Å². The van der Waals surface area contributed by atoms with Crippen molar-refractivity contribution in [2.24, 2.45) is 5.73 Å². The highest BCUT2D eigenvalue weighted by Crippen LogP contribution is 2.24. The average Bonchev–Trinajstić information content (AvgIpc) is 1.52. The first kappa shape index (κ1) is 11.9. The molecule has 0 radical (unpaired) electrons. The molecule has 0 aliphatic carbocycles. The van der Waals surface area contributed by atoms with Gasteiger partial charge in [-0.1, -0.05) is 0 Å². The number of hydrogen-bond acceptors (Lipinski definition) is 3. The van der Waals surface area contributed by atoms with Crippen LogP contribution in [0.25, 0.3) is 0 Å². The Labute approximate surface area is 73.9 Å². The van der Waals surface area contributed by atoms with Crippen LogP contribution in [0.3, 0.4) is 0 Å². The molecule has 3 N–H and O–H groups in total. The van der Waals surface area contributed by atoms with Gasteiger partial charge in [-0.3, -0.25) is 4.55 Å². The van der Waals surface area contributed by atoms with Crippen LogP contribution in [-0.2, 0) is 10.1 Å². The fourth-order valence-electron chi connectivity index (χ4n) is 1.19. The molecule has 5 heteroatoms. The van der Waals surface area contributed by atoms with Gasteiger partial charge in [0.05, 0.1) is 4.75 Å². The largest absolute Gasteiger partial charge is 0.326 e. The molecule has 0 fully saturated rings. The van der Waals surface area contributed by atoms with Gasteiger partial charge >= 0.3 is 0 Å². The minimum atomic E-state index is -4.02. The first-order valence-electron chi connectivity index (χ1n) is 3.72. The standard InChI is InChI=1S/C7H17NO3S/c1-6(2,8)5-7(3,4)12(9,10)11/h5,8H2,1-4H3,(H,9,10,11). The molecular weight excluding hydrogens is 178 g/mol. The summed E-state index contributed by atoms with van der Waals surface area (Å²) in [5.41, 5.74) is 5.04. The molecule has 0 saturated heterocycles. The molecule has 0 aromatic heterocycles. The normalized spacial score (nSPS) is 14.8. The van der Waals surface area contributed by atoms with Crippen LogP contribution in [0.5, 0.6) is 0 Å². The number of nitrogens with two attached hydrogens (primary N) is 1. The first-order valence-corrected chi connectivity index (χ1v) is 5.16. The fraction of sp³-hybridized carbons (Fsp3) is 1.00. The van der Waals surface area contributed by atoms with Gasteiger partial charge in [-0.25, -0.2) is 0 Å². The number of rotatable bonds is 3. The maximum Gasteiger partial charge on any atom is 0.270 e. The van der Waals surface area contributed by atoms with Crippen LogP contribution < -0.4 is 5.73 Å². The van der Waals surface area contributed by atoms with Crippen molar-refractivity contribution in [2.75, 3.05) is 0 Å². The summed E-state index contributed by atoms with van der Waals surface area (Å²) >= 11 is 0. The predicted octanol–water partition coefficient (Wildman–Crippen LogP) is 0.780. The molecule has 0 spiro atoms. The second-order valence-electron chi connectivity index (χ2n) is 4.40. The zero-order valence-electron chi connectivity index (χ0n) is 7.96. The van der Waals surface area contributed by atoms with E-state index in [1.807, 2.05) is 0 Å². The van der Waals surface area contributed by atoms with Crippen LogP contribution in [0, 0.1) is 0 Å². The van der Waals surface area contributed by atoms with Crippen LogP contribution in [0.15, 0.2) is 0 Å². The maximum atomic E-state index is 10.8. The summed E-state index contributed by atoms with van der Waals surface area (Å²) in [6.07, 6.45) is 0.221.